The molecule has 7 rings (SSSR count). The highest BCUT2D eigenvalue weighted by Crippen LogP contribution is 2.54. The van der Waals surface area contributed by atoms with E-state index < -0.39 is 0 Å². The van der Waals surface area contributed by atoms with E-state index in [0.717, 1.165) is 72.8 Å². The van der Waals surface area contributed by atoms with Crippen LogP contribution in [0.15, 0.2) is 91.3 Å². The van der Waals surface area contributed by atoms with Gasteiger partial charge in [-0.05, 0) is 47.2 Å². The quantitative estimate of drug-likeness (QED) is 0.292. The van der Waals surface area contributed by atoms with E-state index in [9.17, 15) is 0 Å². The number of methoxy groups -OCH3 is 1. The summed E-state index contributed by atoms with van der Waals surface area (Å²) in [7, 11) is 1.70. The molecule has 0 bridgehead atoms. The molecule has 0 N–H and O–H groups in total. The number of aromatic nitrogens is 2. The molecule has 0 spiro atoms. The van der Waals surface area contributed by atoms with Crippen molar-refractivity contribution in [3.05, 3.63) is 114 Å². The van der Waals surface area contributed by atoms with Crippen molar-refractivity contribution in [2.24, 2.45) is 0 Å². The minimum Gasteiger partial charge on any atom is -0.497 e. The third kappa shape index (κ3) is 2.52. The smallest absolute Gasteiger partial charge is 0.135 e. The van der Waals surface area contributed by atoms with Gasteiger partial charge in [-0.15, -0.1) is 0 Å². The van der Waals surface area contributed by atoms with Crippen molar-refractivity contribution in [2.45, 2.75) is 0 Å². The molecule has 5 aromatic rings. The molecule has 3 heterocycles. The standard InChI is InChI=1S/C29H18N2O2/c1-32-18-12-10-17-11-13-24-26(22(17)16-18)27(19-6-2-3-9-23(19)33-24)25-20-7-4-14-30-28(20)29-21(25)8-5-15-31-29/h2-16H,1H3. The molecule has 4 nitrogen and oxygen atoms in total. The molecule has 1 aliphatic heterocycles. The Labute approximate surface area is 190 Å². The third-order valence-electron chi connectivity index (χ3n) is 6.45. The molecule has 2 aliphatic rings. The molecule has 1 aliphatic carbocycles. The van der Waals surface area contributed by atoms with Crippen LogP contribution in [0.2, 0.25) is 0 Å². The van der Waals surface area contributed by atoms with Crippen LogP contribution >= 0.6 is 0 Å². The predicted molar refractivity (Wildman–Crippen MR) is 130 cm³/mol. The van der Waals surface area contributed by atoms with Gasteiger partial charge < -0.3 is 9.47 Å². The van der Waals surface area contributed by atoms with Crippen LogP contribution in [0.4, 0.5) is 0 Å². The molecular weight excluding hydrogens is 408 g/mol. The van der Waals surface area contributed by atoms with Gasteiger partial charge in [-0.3, -0.25) is 9.97 Å². The van der Waals surface area contributed by atoms with E-state index in [-0.39, 0.29) is 0 Å². The second-order valence-corrected chi connectivity index (χ2v) is 8.17. The lowest BCUT2D eigenvalue weighted by atomic mass is 9.84. The summed E-state index contributed by atoms with van der Waals surface area (Å²) >= 11 is 0. The van der Waals surface area contributed by atoms with Crippen molar-refractivity contribution in [1.82, 2.24) is 9.97 Å². The summed E-state index contributed by atoms with van der Waals surface area (Å²) in [5.74, 6) is 2.49. The largest absolute Gasteiger partial charge is 0.497 e. The highest BCUT2D eigenvalue weighted by Gasteiger charge is 2.33. The number of hydrogen-bond acceptors (Lipinski definition) is 4. The summed E-state index contributed by atoms with van der Waals surface area (Å²) in [5.41, 5.74) is 8.39. The number of fused-ring (bicyclic) bond motifs is 7. The minimum atomic E-state index is 0.815. The van der Waals surface area contributed by atoms with E-state index >= 15 is 0 Å². The van der Waals surface area contributed by atoms with Crippen molar-refractivity contribution in [2.75, 3.05) is 7.11 Å². The number of nitrogens with zero attached hydrogens (tertiary/aromatic N) is 2. The average Bonchev–Trinajstić information content (AvgIpc) is 3.21. The Kier molecular flexibility index (Phi) is 3.73. The molecule has 0 fully saturated rings. The molecule has 2 aromatic heterocycles. The van der Waals surface area contributed by atoms with Gasteiger partial charge >= 0.3 is 0 Å². The highest BCUT2D eigenvalue weighted by atomic mass is 16.5. The van der Waals surface area contributed by atoms with Crippen molar-refractivity contribution < 1.29 is 9.47 Å². The fourth-order valence-electron chi connectivity index (χ4n) is 5.03. The SMILES string of the molecule is COc1ccc2ccc3c(c2c1)C(=C1c2cccnc2-c2ncccc21)c1ccccc1O3. The molecule has 0 amide bonds. The first-order valence-corrected chi connectivity index (χ1v) is 10.9. The molecule has 0 unspecified atom stereocenters. The Bertz CT molecular complexity index is 1590. The van der Waals surface area contributed by atoms with E-state index in [2.05, 4.69) is 48.5 Å². The molecule has 33 heavy (non-hydrogen) atoms. The summed E-state index contributed by atoms with van der Waals surface area (Å²) in [6, 6.07) is 26.8. The van der Waals surface area contributed by atoms with Crippen LogP contribution in [0.3, 0.4) is 0 Å². The highest BCUT2D eigenvalue weighted by molar-refractivity contribution is 6.17. The fraction of sp³-hybridized carbons (Fsp3) is 0.0345. The summed E-state index contributed by atoms with van der Waals surface area (Å²) in [6.07, 6.45) is 3.66. The van der Waals surface area contributed by atoms with E-state index in [4.69, 9.17) is 19.4 Å². The maximum Gasteiger partial charge on any atom is 0.135 e. The van der Waals surface area contributed by atoms with Crippen LogP contribution in [-0.2, 0) is 0 Å². The predicted octanol–water partition coefficient (Wildman–Crippen LogP) is 6.73. The minimum absolute atomic E-state index is 0.815. The Morgan fingerprint density at radius 3 is 2.12 bits per heavy atom. The number of benzene rings is 3. The number of pyridine rings is 2. The first-order chi connectivity index (χ1) is 16.3. The molecule has 156 valence electrons. The van der Waals surface area contributed by atoms with Crippen molar-refractivity contribution >= 4 is 21.9 Å². The molecule has 3 aromatic carbocycles. The van der Waals surface area contributed by atoms with Crippen molar-refractivity contribution in [3.63, 3.8) is 0 Å². The van der Waals surface area contributed by atoms with E-state index in [1.54, 1.807) is 7.11 Å². The molecule has 0 saturated heterocycles. The number of hydrogen-bond donors (Lipinski definition) is 0. The summed E-state index contributed by atoms with van der Waals surface area (Å²) in [6.45, 7) is 0. The lowest BCUT2D eigenvalue weighted by molar-refractivity contribution is 0.415. The Hall–Kier alpha value is -4.44. The van der Waals surface area contributed by atoms with E-state index in [0.29, 0.717) is 0 Å². The summed E-state index contributed by atoms with van der Waals surface area (Å²) < 4.78 is 12.0. The Morgan fingerprint density at radius 1 is 0.667 bits per heavy atom. The lowest BCUT2D eigenvalue weighted by Crippen LogP contribution is -2.05. The molecule has 4 heteroatoms. The van der Waals surface area contributed by atoms with Crippen LogP contribution in [0.1, 0.15) is 22.3 Å². The molecule has 0 radical (unpaired) electrons. The van der Waals surface area contributed by atoms with Gasteiger partial charge in [-0.25, -0.2) is 0 Å². The van der Waals surface area contributed by atoms with Gasteiger partial charge in [0.05, 0.1) is 18.5 Å². The number of rotatable bonds is 1. The number of para-hydroxylation sites is 1. The van der Waals surface area contributed by atoms with Gasteiger partial charge in [0, 0.05) is 45.8 Å². The maximum absolute atomic E-state index is 6.42. The first kappa shape index (κ1) is 18.2. The lowest BCUT2D eigenvalue weighted by Gasteiger charge is -2.26. The molecule has 0 saturated carbocycles. The van der Waals surface area contributed by atoms with Crippen LogP contribution in [0.5, 0.6) is 17.2 Å². The molecular formula is C29H18N2O2. The van der Waals surface area contributed by atoms with Gasteiger partial charge in [0.25, 0.3) is 0 Å². The van der Waals surface area contributed by atoms with Gasteiger partial charge in [0.2, 0.25) is 0 Å². The normalized spacial score (nSPS) is 13.1. The summed E-state index contributed by atoms with van der Waals surface area (Å²) in [5, 5.41) is 2.22. The van der Waals surface area contributed by atoms with Crippen LogP contribution in [0, 0.1) is 0 Å². The maximum atomic E-state index is 6.42. The van der Waals surface area contributed by atoms with E-state index in [1.807, 2.05) is 42.7 Å². The van der Waals surface area contributed by atoms with Gasteiger partial charge in [-0.1, -0.05) is 42.5 Å². The third-order valence-corrected chi connectivity index (χ3v) is 6.45. The first-order valence-electron chi connectivity index (χ1n) is 10.9. The number of ether oxygens (including phenoxy) is 2. The van der Waals surface area contributed by atoms with Crippen LogP contribution in [0.25, 0.3) is 33.3 Å². The average molecular weight is 426 g/mol. The van der Waals surface area contributed by atoms with Crippen molar-refractivity contribution in [3.8, 4) is 28.6 Å². The zero-order chi connectivity index (χ0) is 21.9. The topological polar surface area (TPSA) is 44.2 Å². The summed E-state index contributed by atoms with van der Waals surface area (Å²) in [4.78, 5) is 9.40. The van der Waals surface area contributed by atoms with Gasteiger partial charge in [0.1, 0.15) is 17.2 Å². The zero-order valence-electron chi connectivity index (χ0n) is 17.9. The molecule has 0 atom stereocenters. The van der Waals surface area contributed by atoms with Gasteiger partial charge in [-0.2, -0.15) is 0 Å². The Morgan fingerprint density at radius 2 is 1.36 bits per heavy atom. The fourth-order valence-corrected chi connectivity index (χ4v) is 5.03. The second kappa shape index (κ2) is 6.78. The van der Waals surface area contributed by atoms with Crippen LogP contribution in [-0.4, -0.2) is 17.1 Å². The Balaban J connectivity index is 1.70. The van der Waals surface area contributed by atoms with E-state index in [1.165, 1.54) is 0 Å². The monoisotopic (exact) mass is 426 g/mol. The van der Waals surface area contributed by atoms with Crippen LogP contribution < -0.4 is 9.47 Å². The zero-order valence-corrected chi connectivity index (χ0v) is 17.9. The van der Waals surface area contributed by atoms with Crippen molar-refractivity contribution in [1.29, 1.82) is 0 Å². The van der Waals surface area contributed by atoms with Gasteiger partial charge in [0.15, 0.2) is 0 Å². The second-order valence-electron chi connectivity index (χ2n) is 8.17.